The number of aldehydes is 1. The van der Waals surface area contributed by atoms with E-state index in [0.717, 1.165) is 11.8 Å². The summed E-state index contributed by atoms with van der Waals surface area (Å²) in [7, 11) is 0. The lowest BCUT2D eigenvalue weighted by atomic mass is 10.2. The quantitative estimate of drug-likeness (QED) is 0.598. The summed E-state index contributed by atoms with van der Waals surface area (Å²) < 4.78 is 10.3. The molecule has 0 amide bonds. The monoisotopic (exact) mass is 270 g/mol. The summed E-state index contributed by atoms with van der Waals surface area (Å²) in [4.78, 5) is 22.0. The maximum Gasteiger partial charge on any atom is 0.344 e. The van der Waals surface area contributed by atoms with Crippen molar-refractivity contribution in [3.05, 3.63) is 65.7 Å². The van der Waals surface area contributed by atoms with Crippen LogP contribution in [0, 0.1) is 0 Å². The van der Waals surface area contributed by atoms with Gasteiger partial charge in [-0.15, -0.1) is 0 Å². The summed E-state index contributed by atoms with van der Waals surface area (Å²) in [6.45, 7) is 0.0698. The molecule has 0 aliphatic rings. The van der Waals surface area contributed by atoms with E-state index in [9.17, 15) is 9.59 Å². The van der Waals surface area contributed by atoms with E-state index in [-0.39, 0.29) is 13.2 Å². The van der Waals surface area contributed by atoms with Crippen LogP contribution in [0.15, 0.2) is 54.6 Å². The molecule has 2 rings (SSSR count). The van der Waals surface area contributed by atoms with Crippen molar-refractivity contribution in [3.8, 4) is 5.75 Å². The maximum atomic E-state index is 11.5. The highest BCUT2D eigenvalue weighted by Crippen LogP contribution is 2.11. The van der Waals surface area contributed by atoms with Crippen molar-refractivity contribution in [2.45, 2.75) is 6.61 Å². The highest BCUT2D eigenvalue weighted by molar-refractivity contribution is 5.75. The third-order valence-corrected chi connectivity index (χ3v) is 2.62. The number of hydrogen-bond donors (Lipinski definition) is 0. The topological polar surface area (TPSA) is 52.6 Å². The van der Waals surface area contributed by atoms with Crippen LogP contribution < -0.4 is 4.74 Å². The van der Waals surface area contributed by atoms with Gasteiger partial charge in [0.15, 0.2) is 6.61 Å². The Morgan fingerprint density at radius 2 is 1.70 bits per heavy atom. The van der Waals surface area contributed by atoms with E-state index in [1.165, 1.54) is 0 Å². The van der Waals surface area contributed by atoms with Crippen molar-refractivity contribution in [2.24, 2.45) is 0 Å². The molecule has 0 atom stereocenters. The number of carbonyl (C=O) groups excluding carboxylic acids is 2. The molecule has 0 bridgehead atoms. The molecule has 0 N–H and O–H groups in total. The largest absolute Gasteiger partial charge is 0.482 e. The van der Waals surface area contributed by atoms with E-state index in [2.05, 4.69) is 0 Å². The lowest BCUT2D eigenvalue weighted by Crippen LogP contribution is -2.14. The molecule has 0 saturated heterocycles. The predicted octanol–water partition coefficient (Wildman–Crippen LogP) is 2.62. The third kappa shape index (κ3) is 4.24. The fourth-order valence-corrected chi connectivity index (χ4v) is 1.56. The molecule has 0 spiro atoms. The molecule has 0 unspecified atom stereocenters. The number of ether oxygens (including phenoxy) is 2. The minimum absolute atomic E-state index is 0.159. The normalized spacial score (nSPS) is 9.80. The van der Waals surface area contributed by atoms with Crippen molar-refractivity contribution in [1.82, 2.24) is 0 Å². The number of rotatable bonds is 6. The summed E-state index contributed by atoms with van der Waals surface area (Å²) in [5, 5.41) is 0. The Morgan fingerprint density at radius 1 is 1.00 bits per heavy atom. The average molecular weight is 270 g/mol. The predicted molar refractivity (Wildman–Crippen MR) is 73.6 cm³/mol. The summed E-state index contributed by atoms with van der Waals surface area (Å²) in [6, 6.07) is 15.9. The molecule has 102 valence electrons. The van der Waals surface area contributed by atoms with Crippen molar-refractivity contribution < 1.29 is 19.1 Å². The Hall–Kier alpha value is -2.62. The zero-order valence-electron chi connectivity index (χ0n) is 10.8. The van der Waals surface area contributed by atoms with E-state index in [4.69, 9.17) is 9.47 Å². The van der Waals surface area contributed by atoms with Gasteiger partial charge in [0.25, 0.3) is 0 Å². The van der Waals surface area contributed by atoms with E-state index in [0.29, 0.717) is 11.3 Å². The van der Waals surface area contributed by atoms with E-state index in [1.807, 2.05) is 30.3 Å². The fraction of sp³-hybridized carbons (Fsp3) is 0.125. The number of carbonyl (C=O) groups is 2. The van der Waals surface area contributed by atoms with Crippen LogP contribution in [0.5, 0.6) is 5.75 Å². The van der Waals surface area contributed by atoms with Crippen LogP contribution in [0.25, 0.3) is 0 Å². The molecule has 2 aromatic carbocycles. The molecule has 2 aromatic rings. The van der Waals surface area contributed by atoms with Gasteiger partial charge in [0, 0.05) is 5.56 Å². The molecule has 0 heterocycles. The van der Waals surface area contributed by atoms with Crippen LogP contribution in [0.4, 0.5) is 0 Å². The summed E-state index contributed by atoms with van der Waals surface area (Å²) in [5.41, 5.74) is 1.49. The van der Waals surface area contributed by atoms with Crippen molar-refractivity contribution in [3.63, 3.8) is 0 Å². The van der Waals surface area contributed by atoms with Crippen LogP contribution >= 0.6 is 0 Å². The first-order valence-corrected chi connectivity index (χ1v) is 6.15. The first kappa shape index (κ1) is 13.8. The molecule has 0 saturated carbocycles. The second kappa shape index (κ2) is 7.09. The molecule has 0 aliphatic carbocycles. The molecule has 0 fully saturated rings. The van der Waals surface area contributed by atoms with E-state index in [1.54, 1.807) is 24.3 Å². The average Bonchev–Trinajstić information content (AvgIpc) is 2.52. The van der Waals surface area contributed by atoms with E-state index < -0.39 is 5.97 Å². The maximum absolute atomic E-state index is 11.5. The standard InChI is InChI=1S/C16H14O4/c17-10-13-6-8-15(9-7-13)19-12-16(18)20-11-14-4-2-1-3-5-14/h1-10H,11-12H2. The van der Waals surface area contributed by atoms with Gasteiger partial charge < -0.3 is 9.47 Å². The smallest absolute Gasteiger partial charge is 0.344 e. The molecular weight excluding hydrogens is 256 g/mol. The van der Waals surface area contributed by atoms with Gasteiger partial charge in [0.2, 0.25) is 0 Å². The van der Waals surface area contributed by atoms with Gasteiger partial charge in [-0.1, -0.05) is 30.3 Å². The van der Waals surface area contributed by atoms with Crippen LogP contribution in [0.3, 0.4) is 0 Å². The molecular formula is C16H14O4. The summed E-state index contributed by atoms with van der Waals surface area (Å²) in [5.74, 6) is 0.0839. The van der Waals surface area contributed by atoms with Crippen LogP contribution in [-0.4, -0.2) is 18.9 Å². The molecule has 4 nitrogen and oxygen atoms in total. The SMILES string of the molecule is O=Cc1ccc(OCC(=O)OCc2ccccc2)cc1. The van der Waals surface area contributed by atoms with Crippen molar-refractivity contribution >= 4 is 12.3 Å². The van der Waals surface area contributed by atoms with Gasteiger partial charge >= 0.3 is 5.97 Å². The molecule has 20 heavy (non-hydrogen) atoms. The Bertz CT molecular complexity index is 561. The third-order valence-electron chi connectivity index (χ3n) is 2.62. The minimum Gasteiger partial charge on any atom is -0.482 e. The molecule has 0 aliphatic heterocycles. The van der Waals surface area contributed by atoms with Gasteiger partial charge in [0.05, 0.1) is 0 Å². The highest BCUT2D eigenvalue weighted by Gasteiger charge is 2.04. The van der Waals surface area contributed by atoms with Crippen molar-refractivity contribution in [1.29, 1.82) is 0 Å². The molecule has 4 heteroatoms. The van der Waals surface area contributed by atoms with Gasteiger partial charge in [-0.05, 0) is 29.8 Å². The lowest BCUT2D eigenvalue weighted by Gasteiger charge is -2.07. The fourth-order valence-electron chi connectivity index (χ4n) is 1.56. The van der Waals surface area contributed by atoms with Gasteiger partial charge in [-0.3, -0.25) is 4.79 Å². The first-order chi connectivity index (χ1) is 9.78. The minimum atomic E-state index is -0.437. The van der Waals surface area contributed by atoms with Crippen molar-refractivity contribution in [2.75, 3.05) is 6.61 Å². The molecule has 0 aromatic heterocycles. The lowest BCUT2D eigenvalue weighted by molar-refractivity contribution is -0.147. The second-order valence-corrected chi connectivity index (χ2v) is 4.12. The Kier molecular flexibility index (Phi) is 4.89. The Balaban J connectivity index is 1.75. The zero-order valence-corrected chi connectivity index (χ0v) is 10.8. The van der Waals surface area contributed by atoms with Crippen LogP contribution in [-0.2, 0) is 16.1 Å². The number of benzene rings is 2. The van der Waals surface area contributed by atoms with Gasteiger partial charge in [-0.2, -0.15) is 0 Å². The van der Waals surface area contributed by atoms with Crippen LogP contribution in [0.1, 0.15) is 15.9 Å². The Labute approximate surface area is 116 Å². The molecule has 0 radical (unpaired) electrons. The van der Waals surface area contributed by atoms with Gasteiger partial charge in [0.1, 0.15) is 18.6 Å². The second-order valence-electron chi connectivity index (χ2n) is 4.12. The number of hydrogen-bond acceptors (Lipinski definition) is 4. The Morgan fingerprint density at radius 3 is 2.35 bits per heavy atom. The number of esters is 1. The van der Waals surface area contributed by atoms with Crippen LogP contribution in [0.2, 0.25) is 0 Å². The van der Waals surface area contributed by atoms with E-state index >= 15 is 0 Å². The van der Waals surface area contributed by atoms with Gasteiger partial charge in [-0.25, -0.2) is 4.79 Å². The first-order valence-electron chi connectivity index (χ1n) is 6.15. The zero-order chi connectivity index (χ0) is 14.2. The summed E-state index contributed by atoms with van der Waals surface area (Å²) in [6.07, 6.45) is 0.748. The summed E-state index contributed by atoms with van der Waals surface area (Å²) >= 11 is 0. The highest BCUT2D eigenvalue weighted by atomic mass is 16.6.